The second kappa shape index (κ2) is 6.60. The van der Waals surface area contributed by atoms with E-state index in [4.69, 9.17) is 10.6 Å². The molecule has 0 aliphatic rings. The fourth-order valence-corrected chi connectivity index (χ4v) is 2.24. The van der Waals surface area contributed by atoms with Crippen LogP contribution in [0, 0.1) is 0 Å². The average molecular weight is 323 g/mol. The van der Waals surface area contributed by atoms with Crippen LogP contribution in [-0.4, -0.2) is 17.3 Å². The second-order valence-electron chi connectivity index (χ2n) is 4.06. The Bertz CT molecular complexity index is 535. The van der Waals surface area contributed by atoms with Gasteiger partial charge in [0, 0.05) is 10.7 Å². The lowest BCUT2D eigenvalue weighted by atomic mass is 10.0. The normalized spacial score (nSPS) is 12.2. The van der Waals surface area contributed by atoms with Gasteiger partial charge in [-0.3, -0.25) is 11.3 Å². The van der Waals surface area contributed by atoms with Gasteiger partial charge in [-0.05, 0) is 41.8 Å². The standard InChI is InChI=1S/C13H15BrN4O/c1-19-11-2-3-12(14)10(6-11)7-13(18-15)9-4-5-16-17-8-9/h2-6,8,13,18H,7,15H2,1H3. The van der Waals surface area contributed by atoms with E-state index in [1.54, 1.807) is 19.5 Å². The average Bonchev–Trinajstić information content (AvgIpc) is 2.47. The number of hydrazine groups is 1. The largest absolute Gasteiger partial charge is 0.497 e. The molecule has 0 bridgehead atoms. The summed E-state index contributed by atoms with van der Waals surface area (Å²) in [5.41, 5.74) is 4.91. The summed E-state index contributed by atoms with van der Waals surface area (Å²) in [7, 11) is 1.65. The van der Waals surface area contributed by atoms with Crippen LogP contribution in [0.5, 0.6) is 5.75 Å². The zero-order chi connectivity index (χ0) is 13.7. The number of ether oxygens (including phenoxy) is 1. The number of aromatic nitrogens is 2. The van der Waals surface area contributed by atoms with Crippen molar-refractivity contribution in [1.29, 1.82) is 0 Å². The Labute approximate surface area is 120 Å². The monoisotopic (exact) mass is 322 g/mol. The van der Waals surface area contributed by atoms with E-state index in [9.17, 15) is 0 Å². The molecule has 0 radical (unpaired) electrons. The summed E-state index contributed by atoms with van der Waals surface area (Å²) in [5, 5.41) is 7.64. The molecule has 100 valence electrons. The summed E-state index contributed by atoms with van der Waals surface area (Å²) in [6.45, 7) is 0. The molecule has 2 aromatic rings. The number of nitrogens with one attached hydrogen (secondary N) is 1. The van der Waals surface area contributed by atoms with Gasteiger partial charge in [0.25, 0.3) is 0 Å². The van der Waals surface area contributed by atoms with E-state index in [1.807, 2.05) is 24.3 Å². The Kier molecular flexibility index (Phi) is 4.84. The van der Waals surface area contributed by atoms with Gasteiger partial charge in [0.05, 0.1) is 19.3 Å². The summed E-state index contributed by atoms with van der Waals surface area (Å²) in [6.07, 6.45) is 4.08. The van der Waals surface area contributed by atoms with Crippen molar-refractivity contribution in [3.63, 3.8) is 0 Å². The Morgan fingerprint density at radius 3 is 2.84 bits per heavy atom. The van der Waals surface area contributed by atoms with Crippen LogP contribution in [-0.2, 0) is 6.42 Å². The molecule has 1 aromatic carbocycles. The maximum atomic E-state index is 5.63. The second-order valence-corrected chi connectivity index (χ2v) is 4.91. The fourth-order valence-electron chi connectivity index (χ4n) is 1.83. The topological polar surface area (TPSA) is 73.1 Å². The van der Waals surface area contributed by atoms with Gasteiger partial charge in [0.2, 0.25) is 0 Å². The smallest absolute Gasteiger partial charge is 0.119 e. The molecule has 5 nitrogen and oxygen atoms in total. The van der Waals surface area contributed by atoms with Gasteiger partial charge < -0.3 is 4.74 Å². The van der Waals surface area contributed by atoms with Gasteiger partial charge in [-0.15, -0.1) is 0 Å². The van der Waals surface area contributed by atoms with E-state index in [0.29, 0.717) is 0 Å². The van der Waals surface area contributed by atoms with Crippen molar-refractivity contribution < 1.29 is 4.74 Å². The fraction of sp³-hybridized carbons (Fsp3) is 0.231. The number of rotatable bonds is 5. The van der Waals surface area contributed by atoms with Crippen molar-refractivity contribution in [2.75, 3.05) is 7.11 Å². The quantitative estimate of drug-likeness (QED) is 0.650. The molecule has 0 amide bonds. The molecule has 0 spiro atoms. The molecule has 6 heteroatoms. The van der Waals surface area contributed by atoms with Gasteiger partial charge >= 0.3 is 0 Å². The van der Waals surface area contributed by atoms with Gasteiger partial charge in [-0.1, -0.05) is 15.9 Å². The van der Waals surface area contributed by atoms with E-state index in [2.05, 4.69) is 31.6 Å². The highest BCUT2D eigenvalue weighted by molar-refractivity contribution is 9.10. The summed E-state index contributed by atoms with van der Waals surface area (Å²) in [5.74, 6) is 6.45. The van der Waals surface area contributed by atoms with Crippen LogP contribution >= 0.6 is 15.9 Å². The van der Waals surface area contributed by atoms with Crippen molar-refractivity contribution in [2.24, 2.45) is 5.84 Å². The van der Waals surface area contributed by atoms with Crippen LogP contribution in [0.3, 0.4) is 0 Å². The van der Waals surface area contributed by atoms with Crippen LogP contribution in [0.1, 0.15) is 17.2 Å². The predicted octanol–water partition coefficient (Wildman–Crippen LogP) is 1.99. The lowest BCUT2D eigenvalue weighted by Crippen LogP contribution is -2.29. The van der Waals surface area contributed by atoms with E-state index in [-0.39, 0.29) is 6.04 Å². The van der Waals surface area contributed by atoms with Gasteiger partial charge in [0.1, 0.15) is 5.75 Å². The summed E-state index contributed by atoms with van der Waals surface area (Å²) in [4.78, 5) is 0. The number of benzene rings is 1. The number of methoxy groups -OCH3 is 1. The Hall–Kier alpha value is -1.50. The van der Waals surface area contributed by atoms with Crippen molar-refractivity contribution in [1.82, 2.24) is 15.6 Å². The molecular weight excluding hydrogens is 308 g/mol. The van der Waals surface area contributed by atoms with Gasteiger partial charge in [-0.25, -0.2) is 0 Å². The molecule has 0 fully saturated rings. The lowest BCUT2D eigenvalue weighted by Gasteiger charge is -2.17. The van der Waals surface area contributed by atoms with Crippen molar-refractivity contribution in [3.05, 3.63) is 52.3 Å². The van der Waals surface area contributed by atoms with Crippen LogP contribution < -0.4 is 16.0 Å². The zero-order valence-electron chi connectivity index (χ0n) is 10.5. The minimum absolute atomic E-state index is 0.0288. The molecule has 0 aliphatic carbocycles. The molecule has 19 heavy (non-hydrogen) atoms. The first-order valence-electron chi connectivity index (χ1n) is 5.79. The third-order valence-electron chi connectivity index (χ3n) is 2.89. The maximum Gasteiger partial charge on any atom is 0.119 e. The molecule has 2 rings (SSSR count). The first-order chi connectivity index (χ1) is 9.24. The molecule has 1 heterocycles. The highest BCUT2D eigenvalue weighted by Gasteiger charge is 2.13. The molecule has 1 atom stereocenters. The third kappa shape index (κ3) is 3.50. The Morgan fingerprint density at radius 1 is 1.37 bits per heavy atom. The summed E-state index contributed by atoms with van der Waals surface area (Å²) in [6, 6.07) is 7.73. The van der Waals surface area contributed by atoms with Gasteiger partial charge in [0.15, 0.2) is 0 Å². The Balaban J connectivity index is 2.23. The van der Waals surface area contributed by atoms with E-state index in [1.165, 1.54) is 0 Å². The van der Waals surface area contributed by atoms with E-state index < -0.39 is 0 Å². The first kappa shape index (κ1) is 13.9. The summed E-state index contributed by atoms with van der Waals surface area (Å²) >= 11 is 3.54. The molecule has 1 aromatic heterocycles. The first-order valence-corrected chi connectivity index (χ1v) is 6.59. The zero-order valence-corrected chi connectivity index (χ0v) is 12.1. The van der Waals surface area contributed by atoms with Crippen molar-refractivity contribution in [3.8, 4) is 5.75 Å². The number of nitrogens with two attached hydrogens (primary N) is 1. The molecule has 1 unspecified atom stereocenters. The van der Waals surface area contributed by atoms with Crippen LogP contribution in [0.2, 0.25) is 0 Å². The number of hydrogen-bond acceptors (Lipinski definition) is 5. The highest BCUT2D eigenvalue weighted by Crippen LogP contribution is 2.26. The number of halogens is 1. The highest BCUT2D eigenvalue weighted by atomic mass is 79.9. The van der Waals surface area contributed by atoms with Crippen LogP contribution in [0.15, 0.2) is 41.1 Å². The maximum absolute atomic E-state index is 5.63. The predicted molar refractivity (Wildman–Crippen MR) is 76.5 cm³/mol. The molecule has 0 saturated heterocycles. The summed E-state index contributed by atoms with van der Waals surface area (Å²) < 4.78 is 6.26. The van der Waals surface area contributed by atoms with Crippen molar-refractivity contribution in [2.45, 2.75) is 12.5 Å². The van der Waals surface area contributed by atoms with E-state index >= 15 is 0 Å². The van der Waals surface area contributed by atoms with Crippen molar-refractivity contribution >= 4 is 15.9 Å². The lowest BCUT2D eigenvalue weighted by molar-refractivity contribution is 0.413. The molecule has 0 saturated carbocycles. The molecule has 0 aliphatic heterocycles. The van der Waals surface area contributed by atoms with E-state index in [0.717, 1.165) is 27.8 Å². The third-order valence-corrected chi connectivity index (χ3v) is 3.66. The number of hydrogen-bond donors (Lipinski definition) is 2. The van der Waals surface area contributed by atoms with Crippen LogP contribution in [0.4, 0.5) is 0 Å². The van der Waals surface area contributed by atoms with Crippen LogP contribution in [0.25, 0.3) is 0 Å². The molecule has 3 N–H and O–H groups in total. The Morgan fingerprint density at radius 2 is 2.21 bits per heavy atom. The minimum atomic E-state index is -0.0288. The molecular formula is C13H15BrN4O. The minimum Gasteiger partial charge on any atom is -0.497 e. The SMILES string of the molecule is COc1ccc(Br)c(CC(NN)c2ccnnc2)c1. The van der Waals surface area contributed by atoms with Gasteiger partial charge in [-0.2, -0.15) is 10.2 Å². The number of nitrogens with zero attached hydrogens (tertiary/aromatic N) is 2.